The van der Waals surface area contributed by atoms with Crippen LogP contribution in [0.25, 0.3) is 184 Å². The summed E-state index contributed by atoms with van der Waals surface area (Å²) in [6, 6.07) is 112. The van der Waals surface area contributed by atoms with Gasteiger partial charge in [0, 0.05) is 89.0 Å². The van der Waals surface area contributed by atoms with Gasteiger partial charge in [-0.15, -0.1) is 22.7 Å². The summed E-state index contributed by atoms with van der Waals surface area (Å²) >= 11 is 3.76. The molecule has 0 unspecified atom stereocenters. The van der Waals surface area contributed by atoms with Crippen molar-refractivity contribution in [3.63, 3.8) is 0 Å². The Hall–Kier alpha value is -11.8. The molecule has 5 nitrogen and oxygen atoms in total. The second-order valence-corrected chi connectivity index (χ2v) is 26.1. The number of benzene rings is 14. The molecule has 0 aliphatic carbocycles. The third kappa shape index (κ3) is 6.99. The first-order valence-electron chi connectivity index (χ1n) is 31.2. The Morgan fingerprint density at radius 3 is 0.891 bits per heavy atom. The third-order valence-corrected chi connectivity index (χ3v) is 21.9. The number of nitriles is 1. The number of fused-ring (bicyclic) bond motifs is 20. The van der Waals surface area contributed by atoms with Crippen molar-refractivity contribution in [2.24, 2.45) is 0 Å². The predicted molar refractivity (Wildman–Crippen MR) is 391 cm³/mol. The fourth-order valence-corrected chi connectivity index (χ4v) is 18.5. The molecule has 92 heavy (non-hydrogen) atoms. The SMILES string of the molecule is N#Cc1c(-n2c3ccccc3c3ccccc32)c(-n2c3ccccc3c3c4sc5c(-c6ccccc6)cccc5c4ccc32)c(-c2ccccc2)c(-n2c3ccccc3c3c4sc5c(-c6ccccc6)cccc5c4ccc32)c1-n1c2ccccc2c2ccccc21. The Labute approximate surface area is 535 Å². The highest BCUT2D eigenvalue weighted by Gasteiger charge is 2.36. The summed E-state index contributed by atoms with van der Waals surface area (Å²) in [5.41, 5.74) is 18.9. The van der Waals surface area contributed by atoms with Gasteiger partial charge in [-0.05, 0) is 76.3 Å². The van der Waals surface area contributed by atoms with Crippen LogP contribution in [0.1, 0.15) is 5.56 Å². The number of nitrogens with zero attached hydrogens (tertiary/aromatic N) is 5. The summed E-state index contributed by atoms with van der Waals surface area (Å²) in [5.74, 6) is 0. The second kappa shape index (κ2) is 19.6. The zero-order valence-corrected chi connectivity index (χ0v) is 51.0. The molecule has 20 aromatic rings. The summed E-state index contributed by atoms with van der Waals surface area (Å²) in [5, 5.41) is 27.2. The van der Waals surface area contributed by atoms with Crippen molar-refractivity contribution in [1.29, 1.82) is 5.26 Å². The van der Waals surface area contributed by atoms with E-state index in [4.69, 9.17) is 0 Å². The van der Waals surface area contributed by atoms with E-state index >= 15 is 0 Å². The van der Waals surface area contributed by atoms with E-state index in [9.17, 15) is 5.26 Å². The average molecular weight is 1200 g/mol. The van der Waals surface area contributed by atoms with Gasteiger partial charge in [0.05, 0.1) is 66.9 Å². The number of rotatable bonds is 7. The van der Waals surface area contributed by atoms with Gasteiger partial charge in [-0.25, -0.2) is 0 Å². The van der Waals surface area contributed by atoms with Crippen molar-refractivity contribution in [2.45, 2.75) is 0 Å². The molecule has 0 aliphatic heterocycles. The van der Waals surface area contributed by atoms with Crippen LogP contribution >= 0.6 is 22.7 Å². The molecule has 6 aromatic heterocycles. The molecular formula is C85H49N5S2. The standard InChI is InChI=1S/C85H49N5S2/c86-50-66-78(87-67-40-16-10-30-56(67)57-31-11-17-41-68(57)87)80(89-71-44-20-14-34-64(71)76-73(89)48-46-62-60-38-22-36-54(82(60)91-84(62)76)51-24-4-1-5-25-51)75(53-28-8-3-9-29-53)81(79(66)88-69-42-18-12-32-58(69)59-33-13-19-43-70(59)88)90-72-45-21-15-35-65(72)77-74(90)49-47-63-61-39-23-37-55(83(61)92-85(63)77)52-26-6-2-7-27-52/h1-49H. The molecule has 0 radical (unpaired) electrons. The Morgan fingerprint density at radius 2 is 0.522 bits per heavy atom. The molecular weight excluding hydrogens is 1160 g/mol. The Balaban J connectivity index is 1.05. The topological polar surface area (TPSA) is 43.5 Å². The van der Waals surface area contributed by atoms with Crippen LogP contribution in [0.4, 0.5) is 0 Å². The van der Waals surface area contributed by atoms with E-state index in [1.54, 1.807) is 0 Å². The van der Waals surface area contributed by atoms with Gasteiger partial charge in [-0.2, -0.15) is 5.26 Å². The van der Waals surface area contributed by atoms with Gasteiger partial charge in [0.15, 0.2) is 0 Å². The van der Waals surface area contributed by atoms with Crippen LogP contribution in [0.5, 0.6) is 0 Å². The highest BCUT2D eigenvalue weighted by atomic mass is 32.1. The highest BCUT2D eigenvalue weighted by molar-refractivity contribution is 7.27. The van der Waals surface area contributed by atoms with Gasteiger partial charge in [0.1, 0.15) is 11.6 Å². The maximum Gasteiger partial charge on any atom is 0.104 e. The second-order valence-electron chi connectivity index (χ2n) is 24.0. The number of aromatic nitrogens is 4. The molecule has 14 aromatic carbocycles. The summed E-state index contributed by atoms with van der Waals surface area (Å²) in [6.45, 7) is 0. The lowest BCUT2D eigenvalue weighted by Crippen LogP contribution is -2.16. The van der Waals surface area contributed by atoms with Crippen molar-refractivity contribution in [1.82, 2.24) is 18.3 Å². The fourth-order valence-electron chi connectivity index (χ4n) is 15.7. The third-order valence-electron chi connectivity index (χ3n) is 19.4. The molecule has 20 rings (SSSR count). The first-order chi connectivity index (χ1) is 45.7. The maximum atomic E-state index is 13.2. The number of para-hydroxylation sites is 6. The van der Waals surface area contributed by atoms with E-state index in [1.165, 1.54) is 73.4 Å². The van der Waals surface area contributed by atoms with Crippen molar-refractivity contribution in [3.05, 3.63) is 303 Å². The molecule has 0 N–H and O–H groups in total. The highest BCUT2D eigenvalue weighted by Crippen LogP contribution is 2.55. The van der Waals surface area contributed by atoms with E-state index in [0.717, 1.165) is 110 Å². The van der Waals surface area contributed by atoms with Crippen LogP contribution in [-0.2, 0) is 0 Å². The predicted octanol–water partition coefficient (Wildman–Crippen LogP) is 23.7. The summed E-state index contributed by atoms with van der Waals surface area (Å²) in [7, 11) is 0. The first-order valence-corrected chi connectivity index (χ1v) is 32.9. The van der Waals surface area contributed by atoms with E-state index in [0.29, 0.717) is 5.56 Å². The summed E-state index contributed by atoms with van der Waals surface area (Å²) in [6.07, 6.45) is 0. The largest absolute Gasteiger partial charge is 0.306 e. The first kappa shape index (κ1) is 51.1. The molecule has 0 fully saturated rings. The zero-order chi connectivity index (χ0) is 60.3. The van der Waals surface area contributed by atoms with Gasteiger partial charge in [-0.3, -0.25) is 0 Å². The fraction of sp³-hybridized carbons (Fsp3) is 0. The lowest BCUT2D eigenvalue weighted by Gasteiger charge is -2.29. The van der Waals surface area contributed by atoms with Crippen molar-refractivity contribution < 1.29 is 0 Å². The van der Waals surface area contributed by atoms with Crippen LogP contribution in [0.15, 0.2) is 297 Å². The Morgan fingerprint density at radius 1 is 0.228 bits per heavy atom. The molecule has 0 bridgehead atoms. The smallest absolute Gasteiger partial charge is 0.104 e. The van der Waals surface area contributed by atoms with E-state index < -0.39 is 0 Å². The van der Waals surface area contributed by atoms with Crippen LogP contribution in [0.2, 0.25) is 0 Å². The van der Waals surface area contributed by atoms with Crippen LogP contribution < -0.4 is 0 Å². The van der Waals surface area contributed by atoms with Crippen molar-refractivity contribution in [2.75, 3.05) is 0 Å². The van der Waals surface area contributed by atoms with Crippen molar-refractivity contribution in [3.8, 4) is 62.2 Å². The summed E-state index contributed by atoms with van der Waals surface area (Å²) in [4.78, 5) is 0. The van der Waals surface area contributed by atoms with Crippen LogP contribution in [0.3, 0.4) is 0 Å². The monoisotopic (exact) mass is 1200 g/mol. The Kier molecular flexibility index (Phi) is 10.9. The molecule has 426 valence electrons. The quantitative estimate of drug-likeness (QED) is 0.157. The average Bonchev–Trinajstić information content (AvgIpc) is 1.43. The minimum atomic E-state index is 0.537. The summed E-state index contributed by atoms with van der Waals surface area (Å²) < 4.78 is 14.9. The van der Waals surface area contributed by atoms with Crippen LogP contribution in [-0.4, -0.2) is 18.3 Å². The minimum absolute atomic E-state index is 0.537. The molecule has 0 amide bonds. The van der Waals surface area contributed by atoms with Gasteiger partial charge < -0.3 is 18.3 Å². The zero-order valence-electron chi connectivity index (χ0n) is 49.3. The van der Waals surface area contributed by atoms with E-state index in [2.05, 4.69) is 322 Å². The molecule has 7 heteroatoms. The van der Waals surface area contributed by atoms with Crippen LogP contribution in [0, 0.1) is 11.3 Å². The maximum absolute atomic E-state index is 13.2. The molecule has 0 spiro atoms. The van der Waals surface area contributed by atoms with E-state index in [1.807, 2.05) is 22.7 Å². The Bertz CT molecular complexity index is 6090. The molecule has 0 atom stereocenters. The van der Waals surface area contributed by atoms with Gasteiger partial charge in [0.25, 0.3) is 0 Å². The van der Waals surface area contributed by atoms with Gasteiger partial charge in [-0.1, -0.05) is 249 Å². The molecule has 0 saturated heterocycles. The minimum Gasteiger partial charge on any atom is -0.306 e. The van der Waals surface area contributed by atoms with Gasteiger partial charge >= 0.3 is 0 Å². The van der Waals surface area contributed by atoms with Gasteiger partial charge in [0.2, 0.25) is 0 Å². The molecule has 0 saturated carbocycles. The normalized spacial score (nSPS) is 12.1. The van der Waals surface area contributed by atoms with Crippen molar-refractivity contribution >= 4 is 150 Å². The molecule has 0 aliphatic rings. The lowest BCUT2D eigenvalue weighted by atomic mass is 9.93. The van der Waals surface area contributed by atoms with E-state index in [-0.39, 0.29) is 0 Å². The number of hydrogen-bond acceptors (Lipinski definition) is 3. The number of hydrogen-bond donors (Lipinski definition) is 0. The molecule has 6 heterocycles. The number of thiophene rings is 2. The lowest BCUT2D eigenvalue weighted by molar-refractivity contribution is 1.04.